The lowest BCUT2D eigenvalue weighted by Gasteiger charge is -2.25. The highest BCUT2D eigenvalue weighted by Crippen LogP contribution is 2.32. The van der Waals surface area contributed by atoms with Gasteiger partial charge < -0.3 is 5.32 Å². The number of hydrogen-bond donors (Lipinski definition) is 1. The van der Waals surface area contributed by atoms with E-state index in [0.29, 0.717) is 19.4 Å². The van der Waals surface area contributed by atoms with Gasteiger partial charge in [0.15, 0.2) is 0 Å². The van der Waals surface area contributed by atoms with Gasteiger partial charge in [0, 0.05) is 6.54 Å². The molecule has 1 amide bonds. The molecule has 1 heterocycles. The smallest absolute Gasteiger partial charge is 0.243 e. The van der Waals surface area contributed by atoms with Crippen molar-refractivity contribution < 1.29 is 13.2 Å². The van der Waals surface area contributed by atoms with Crippen molar-refractivity contribution in [1.29, 1.82) is 0 Å². The van der Waals surface area contributed by atoms with Crippen LogP contribution in [0.25, 0.3) is 0 Å². The molecule has 0 spiro atoms. The maximum Gasteiger partial charge on any atom is 0.243 e. The van der Waals surface area contributed by atoms with E-state index >= 15 is 0 Å². The maximum atomic E-state index is 13.0. The fourth-order valence-electron chi connectivity index (χ4n) is 4.11. The summed E-state index contributed by atoms with van der Waals surface area (Å²) in [4.78, 5) is 13.2. The topological polar surface area (TPSA) is 66.5 Å². The molecule has 1 N–H and O–H groups in total. The lowest BCUT2D eigenvalue weighted by atomic mass is 10.1. The van der Waals surface area contributed by atoms with Gasteiger partial charge in [-0.25, -0.2) is 8.42 Å². The third-order valence-electron chi connectivity index (χ3n) is 5.58. The van der Waals surface area contributed by atoms with E-state index in [0.717, 1.165) is 24.0 Å². The van der Waals surface area contributed by atoms with Crippen LogP contribution in [0.3, 0.4) is 0 Å². The summed E-state index contributed by atoms with van der Waals surface area (Å²) in [5.74, 6) is -0.190. The Kier molecular flexibility index (Phi) is 4.78. The van der Waals surface area contributed by atoms with Crippen LogP contribution in [0.5, 0.6) is 0 Å². The number of aryl methyl sites for hydroxylation is 2. The molecular formula is C21H24N2O3S. The van der Waals surface area contributed by atoms with E-state index in [2.05, 4.69) is 11.4 Å². The van der Waals surface area contributed by atoms with Gasteiger partial charge in [0.2, 0.25) is 15.9 Å². The molecule has 0 aromatic heterocycles. The largest absolute Gasteiger partial charge is 0.348 e. The number of rotatable bonds is 4. The highest BCUT2D eigenvalue weighted by Gasteiger charge is 2.40. The fourth-order valence-corrected chi connectivity index (χ4v) is 5.77. The first-order valence-electron chi connectivity index (χ1n) is 9.43. The molecule has 2 aromatic carbocycles. The Bertz CT molecular complexity index is 954. The van der Waals surface area contributed by atoms with Crippen LogP contribution in [0.2, 0.25) is 0 Å². The SMILES string of the molecule is Cc1ccc(S(=O)(=O)N2CCC[C@@H]2C(=O)N[C@@H]2CCc3ccccc32)cc1. The Hall–Kier alpha value is -2.18. The van der Waals surface area contributed by atoms with Crippen molar-refractivity contribution >= 4 is 15.9 Å². The highest BCUT2D eigenvalue weighted by atomic mass is 32.2. The first-order chi connectivity index (χ1) is 13.0. The predicted molar refractivity (Wildman–Crippen MR) is 104 cm³/mol. The number of carbonyl (C=O) groups excluding carboxylic acids is 1. The number of amides is 1. The molecule has 0 unspecified atom stereocenters. The molecule has 2 aromatic rings. The molecule has 1 aliphatic heterocycles. The summed E-state index contributed by atoms with van der Waals surface area (Å²) < 4.78 is 27.5. The lowest BCUT2D eigenvalue weighted by Crippen LogP contribution is -2.46. The predicted octanol–water partition coefficient (Wildman–Crippen LogP) is 2.95. The minimum Gasteiger partial charge on any atom is -0.348 e. The lowest BCUT2D eigenvalue weighted by molar-refractivity contribution is -0.125. The first-order valence-corrected chi connectivity index (χ1v) is 10.9. The van der Waals surface area contributed by atoms with Crippen molar-refractivity contribution in [3.8, 4) is 0 Å². The van der Waals surface area contributed by atoms with E-state index in [-0.39, 0.29) is 16.8 Å². The van der Waals surface area contributed by atoms with E-state index in [1.54, 1.807) is 24.3 Å². The minimum absolute atomic E-state index is 0.0294. The van der Waals surface area contributed by atoms with Gasteiger partial charge in [-0.05, 0) is 55.9 Å². The van der Waals surface area contributed by atoms with Crippen LogP contribution in [0.15, 0.2) is 53.4 Å². The van der Waals surface area contributed by atoms with Gasteiger partial charge in [0.05, 0.1) is 10.9 Å². The summed E-state index contributed by atoms with van der Waals surface area (Å²) in [7, 11) is -3.67. The van der Waals surface area contributed by atoms with Crippen LogP contribution in [-0.4, -0.2) is 31.2 Å². The zero-order valence-corrected chi connectivity index (χ0v) is 16.2. The van der Waals surface area contributed by atoms with Gasteiger partial charge in [-0.2, -0.15) is 4.31 Å². The fraction of sp³-hybridized carbons (Fsp3) is 0.381. The van der Waals surface area contributed by atoms with Crippen LogP contribution in [0.1, 0.15) is 42.0 Å². The van der Waals surface area contributed by atoms with Gasteiger partial charge >= 0.3 is 0 Å². The molecule has 2 aliphatic rings. The highest BCUT2D eigenvalue weighted by molar-refractivity contribution is 7.89. The van der Waals surface area contributed by atoms with E-state index in [1.807, 2.05) is 25.1 Å². The Morgan fingerprint density at radius 3 is 2.59 bits per heavy atom. The summed E-state index contributed by atoms with van der Waals surface area (Å²) in [5, 5.41) is 3.09. The molecule has 142 valence electrons. The second-order valence-corrected chi connectivity index (χ2v) is 9.28. The Labute approximate surface area is 160 Å². The number of nitrogens with one attached hydrogen (secondary N) is 1. The monoisotopic (exact) mass is 384 g/mol. The number of hydrogen-bond acceptors (Lipinski definition) is 3. The van der Waals surface area contributed by atoms with Crippen molar-refractivity contribution in [2.75, 3.05) is 6.54 Å². The summed E-state index contributed by atoms with van der Waals surface area (Å²) in [6.07, 6.45) is 3.06. The summed E-state index contributed by atoms with van der Waals surface area (Å²) in [5.41, 5.74) is 3.42. The van der Waals surface area contributed by atoms with Crippen molar-refractivity contribution in [2.45, 2.75) is 49.6 Å². The first kappa shape index (κ1) is 18.2. The molecule has 27 heavy (non-hydrogen) atoms. The molecular weight excluding hydrogens is 360 g/mol. The maximum absolute atomic E-state index is 13.0. The number of nitrogens with zero attached hydrogens (tertiary/aromatic N) is 1. The minimum atomic E-state index is -3.67. The quantitative estimate of drug-likeness (QED) is 0.881. The number of fused-ring (bicyclic) bond motifs is 1. The van der Waals surface area contributed by atoms with Gasteiger partial charge in [-0.3, -0.25) is 4.79 Å². The number of sulfonamides is 1. The average Bonchev–Trinajstić information content (AvgIpc) is 3.30. The molecule has 1 aliphatic carbocycles. The Balaban J connectivity index is 1.53. The third kappa shape index (κ3) is 3.39. The van der Waals surface area contributed by atoms with E-state index in [4.69, 9.17) is 0 Å². The molecule has 1 fully saturated rings. The molecule has 2 atom stereocenters. The van der Waals surface area contributed by atoms with E-state index in [1.165, 1.54) is 9.87 Å². The molecule has 0 bridgehead atoms. The number of carbonyl (C=O) groups is 1. The van der Waals surface area contributed by atoms with Crippen LogP contribution < -0.4 is 5.32 Å². The average molecular weight is 385 g/mol. The molecule has 0 radical (unpaired) electrons. The second-order valence-electron chi connectivity index (χ2n) is 7.39. The molecule has 5 nitrogen and oxygen atoms in total. The van der Waals surface area contributed by atoms with Crippen molar-refractivity contribution in [1.82, 2.24) is 9.62 Å². The van der Waals surface area contributed by atoms with Gasteiger partial charge in [-0.15, -0.1) is 0 Å². The van der Waals surface area contributed by atoms with Gasteiger partial charge in [0.25, 0.3) is 0 Å². The normalized spacial score (nSPS) is 22.6. The second kappa shape index (κ2) is 7.09. The summed E-state index contributed by atoms with van der Waals surface area (Å²) in [6, 6.07) is 14.3. The molecule has 6 heteroatoms. The molecule has 4 rings (SSSR count). The zero-order chi connectivity index (χ0) is 19.0. The van der Waals surface area contributed by atoms with Crippen molar-refractivity contribution in [3.05, 3.63) is 65.2 Å². The summed E-state index contributed by atoms with van der Waals surface area (Å²) >= 11 is 0. The standard InChI is InChI=1S/C21H24N2O3S/c1-15-8-11-17(12-9-15)27(25,26)23-14-4-7-20(23)21(24)22-19-13-10-16-5-2-3-6-18(16)19/h2-3,5-6,8-9,11-12,19-20H,4,7,10,13-14H2,1H3,(H,22,24)/t19-,20-/m1/s1. The Morgan fingerprint density at radius 1 is 1.07 bits per heavy atom. The van der Waals surface area contributed by atoms with Crippen LogP contribution in [-0.2, 0) is 21.2 Å². The van der Waals surface area contributed by atoms with E-state index in [9.17, 15) is 13.2 Å². The van der Waals surface area contributed by atoms with E-state index < -0.39 is 16.1 Å². The van der Waals surface area contributed by atoms with Gasteiger partial charge in [-0.1, -0.05) is 42.0 Å². The third-order valence-corrected chi connectivity index (χ3v) is 7.51. The van der Waals surface area contributed by atoms with Crippen LogP contribution in [0, 0.1) is 6.92 Å². The Morgan fingerprint density at radius 2 is 1.81 bits per heavy atom. The van der Waals surface area contributed by atoms with Crippen LogP contribution in [0.4, 0.5) is 0 Å². The zero-order valence-electron chi connectivity index (χ0n) is 15.4. The number of benzene rings is 2. The summed E-state index contributed by atoms with van der Waals surface area (Å²) in [6.45, 7) is 2.30. The van der Waals surface area contributed by atoms with Crippen LogP contribution >= 0.6 is 0 Å². The van der Waals surface area contributed by atoms with Crippen molar-refractivity contribution in [2.24, 2.45) is 0 Å². The molecule has 1 saturated heterocycles. The molecule has 0 saturated carbocycles. The van der Waals surface area contributed by atoms with Gasteiger partial charge in [0.1, 0.15) is 6.04 Å². The van der Waals surface area contributed by atoms with Crippen molar-refractivity contribution in [3.63, 3.8) is 0 Å².